The first-order valence-electron chi connectivity index (χ1n) is 9.39. The van der Waals surface area contributed by atoms with Crippen LogP contribution in [-0.2, 0) is 33.1 Å². The molecule has 0 spiro atoms. The Hall–Kier alpha value is -1.21. The van der Waals surface area contributed by atoms with Gasteiger partial charge in [0.2, 0.25) is 0 Å². The first-order chi connectivity index (χ1) is 13.1. The van der Waals surface area contributed by atoms with Crippen LogP contribution in [0.15, 0.2) is 29.2 Å². The van der Waals surface area contributed by atoms with Crippen LogP contribution in [0.2, 0.25) is 0 Å². The summed E-state index contributed by atoms with van der Waals surface area (Å²) >= 11 is 0. The molecule has 0 aromatic heterocycles. The van der Waals surface area contributed by atoms with Gasteiger partial charge in [-0.25, -0.2) is 0 Å². The Labute approximate surface area is 168 Å². The molecule has 0 radical (unpaired) electrons. The van der Waals surface area contributed by atoms with E-state index in [1.165, 1.54) is 12.1 Å². The van der Waals surface area contributed by atoms with E-state index in [2.05, 4.69) is 0 Å². The van der Waals surface area contributed by atoms with E-state index in [4.69, 9.17) is 13.7 Å². The minimum atomic E-state index is -4.05. The molecule has 0 aliphatic rings. The molecule has 0 heterocycles. The van der Waals surface area contributed by atoms with Crippen LogP contribution in [0.5, 0.6) is 0 Å². The van der Waals surface area contributed by atoms with Crippen molar-refractivity contribution in [2.24, 2.45) is 11.8 Å². The van der Waals surface area contributed by atoms with Crippen LogP contribution < -0.4 is 0 Å². The molecular formula is C19H31O7PS. The molecule has 1 aromatic rings. The summed E-state index contributed by atoms with van der Waals surface area (Å²) in [6.45, 7) is 9.57. The summed E-state index contributed by atoms with van der Waals surface area (Å²) in [6.07, 6.45) is -0.107. The molecule has 1 aromatic carbocycles. The van der Waals surface area contributed by atoms with Crippen molar-refractivity contribution in [2.45, 2.75) is 51.8 Å². The zero-order chi connectivity index (χ0) is 21.3. The van der Waals surface area contributed by atoms with Gasteiger partial charge in [-0.15, -0.1) is 0 Å². The molecular weight excluding hydrogens is 403 g/mol. The molecule has 28 heavy (non-hydrogen) atoms. The predicted molar refractivity (Wildman–Crippen MR) is 108 cm³/mol. The van der Waals surface area contributed by atoms with Gasteiger partial charge in [0.1, 0.15) is 20.0 Å². The third-order valence-corrected chi connectivity index (χ3v) is 7.13. The molecule has 0 saturated heterocycles. The third-order valence-electron chi connectivity index (χ3n) is 4.01. The molecule has 0 fully saturated rings. The number of carbonyl (C=O) groups excluding carboxylic acids is 1. The van der Waals surface area contributed by atoms with Crippen LogP contribution in [0.4, 0.5) is 0 Å². The Balaban J connectivity index is 2.95. The van der Waals surface area contributed by atoms with Crippen molar-refractivity contribution in [3.05, 3.63) is 29.8 Å². The molecule has 9 heteroatoms. The number of hydrogen-bond acceptors (Lipinski definition) is 7. The average molecular weight is 434 g/mol. The minimum Gasteiger partial charge on any atom is -0.466 e. The minimum absolute atomic E-state index is 0.00927. The van der Waals surface area contributed by atoms with Gasteiger partial charge >= 0.3 is 5.97 Å². The number of ether oxygens (including phenoxy) is 2. The fraction of sp³-hybridized carbons (Fsp3) is 0.632. The highest BCUT2D eigenvalue weighted by atomic mass is 32.2. The first-order valence-corrected chi connectivity index (χ1v) is 12.5. The summed E-state index contributed by atoms with van der Waals surface area (Å²) in [5.41, 5.74) is 0.912. The van der Waals surface area contributed by atoms with E-state index in [1.807, 2.05) is 20.8 Å². The van der Waals surface area contributed by atoms with Crippen LogP contribution in [0.25, 0.3) is 0 Å². The van der Waals surface area contributed by atoms with E-state index in [-0.39, 0.29) is 24.0 Å². The van der Waals surface area contributed by atoms with Gasteiger partial charge in [0.25, 0.3) is 10.1 Å². The standard InChI is InChI=1S/C19H31O7PS/c1-6-24-18(20)17(12-14(3)4)19(25-7-2)27(21)13-26-28(22,23)16-10-8-15(5)9-11-16/h8-11,14,17,19,27H,6-7,12-13H2,1-5H3. The van der Waals surface area contributed by atoms with Gasteiger partial charge in [0.15, 0.2) is 0 Å². The summed E-state index contributed by atoms with van der Waals surface area (Å²) in [5, 5.41) is 0. The van der Waals surface area contributed by atoms with E-state index >= 15 is 0 Å². The zero-order valence-electron chi connectivity index (χ0n) is 17.1. The smallest absolute Gasteiger partial charge is 0.312 e. The summed E-state index contributed by atoms with van der Waals surface area (Å²) in [6, 6.07) is 6.17. The molecule has 1 rings (SSSR count). The molecule has 160 valence electrons. The van der Waals surface area contributed by atoms with Crippen molar-refractivity contribution < 1.29 is 31.4 Å². The number of rotatable bonds is 12. The molecule has 3 unspecified atom stereocenters. The number of aryl methyl sites for hydroxylation is 1. The Morgan fingerprint density at radius 2 is 1.71 bits per heavy atom. The second-order valence-electron chi connectivity index (χ2n) is 6.86. The lowest BCUT2D eigenvalue weighted by molar-refractivity contribution is -0.152. The largest absolute Gasteiger partial charge is 0.466 e. The second kappa shape index (κ2) is 11.7. The fourth-order valence-electron chi connectivity index (χ4n) is 2.70. The van der Waals surface area contributed by atoms with Crippen molar-refractivity contribution in [2.75, 3.05) is 19.6 Å². The molecule has 0 N–H and O–H groups in total. The number of carbonyl (C=O) groups is 1. The summed E-state index contributed by atoms with van der Waals surface area (Å²) in [7, 11) is -6.77. The first kappa shape index (κ1) is 24.8. The molecule has 0 amide bonds. The maximum atomic E-state index is 12.9. The topological polar surface area (TPSA) is 96.0 Å². The molecule has 0 aliphatic carbocycles. The molecule has 0 aliphatic heterocycles. The quantitative estimate of drug-likeness (QED) is 0.280. The Morgan fingerprint density at radius 1 is 1.11 bits per heavy atom. The lowest BCUT2D eigenvalue weighted by Gasteiger charge is -2.26. The van der Waals surface area contributed by atoms with E-state index < -0.39 is 42.0 Å². The summed E-state index contributed by atoms with van der Waals surface area (Å²) < 4.78 is 53.2. The highest BCUT2D eigenvalue weighted by molar-refractivity contribution is 7.87. The highest BCUT2D eigenvalue weighted by Crippen LogP contribution is 2.38. The molecule has 7 nitrogen and oxygen atoms in total. The van der Waals surface area contributed by atoms with Gasteiger partial charge in [-0.05, 0) is 45.2 Å². The Bertz CT molecular complexity index is 744. The lowest BCUT2D eigenvalue weighted by Crippen LogP contribution is -2.32. The molecule has 0 bridgehead atoms. The van der Waals surface area contributed by atoms with Crippen LogP contribution in [0, 0.1) is 18.8 Å². The summed E-state index contributed by atoms with van der Waals surface area (Å²) in [5.74, 6) is -2.03. The average Bonchev–Trinajstić information content (AvgIpc) is 2.63. The normalized spacial score (nSPS) is 15.2. The van der Waals surface area contributed by atoms with Gasteiger partial charge in [-0.1, -0.05) is 31.5 Å². The van der Waals surface area contributed by atoms with Crippen molar-refractivity contribution in [3.63, 3.8) is 0 Å². The maximum Gasteiger partial charge on any atom is 0.312 e. The van der Waals surface area contributed by atoms with E-state index in [9.17, 15) is 17.8 Å². The Morgan fingerprint density at radius 3 is 2.21 bits per heavy atom. The SMILES string of the molecule is CCOC(=O)C(CC(C)C)C(OCC)[PH](=O)COS(=O)(=O)c1ccc(C)cc1. The third kappa shape index (κ3) is 7.66. The predicted octanol–water partition coefficient (Wildman–Crippen LogP) is 3.81. The monoisotopic (exact) mass is 434 g/mol. The van der Waals surface area contributed by atoms with E-state index in [0.29, 0.717) is 6.42 Å². The van der Waals surface area contributed by atoms with Gasteiger partial charge in [-0.2, -0.15) is 8.42 Å². The van der Waals surface area contributed by atoms with Gasteiger partial charge in [0.05, 0.1) is 17.4 Å². The number of hydrogen-bond donors (Lipinski definition) is 0. The van der Waals surface area contributed by atoms with Crippen molar-refractivity contribution >= 4 is 23.9 Å². The van der Waals surface area contributed by atoms with Crippen LogP contribution in [0.1, 0.15) is 39.7 Å². The summed E-state index contributed by atoms with van der Waals surface area (Å²) in [4.78, 5) is 12.4. The number of esters is 1. The fourth-order valence-corrected chi connectivity index (χ4v) is 5.63. The van der Waals surface area contributed by atoms with Crippen LogP contribution in [-0.4, -0.2) is 39.8 Å². The van der Waals surface area contributed by atoms with Gasteiger partial charge < -0.3 is 14.0 Å². The Kier molecular flexibility index (Phi) is 10.4. The zero-order valence-corrected chi connectivity index (χ0v) is 19.0. The number of benzene rings is 1. The van der Waals surface area contributed by atoms with Crippen molar-refractivity contribution in [1.82, 2.24) is 0 Å². The van der Waals surface area contributed by atoms with Crippen molar-refractivity contribution in [3.8, 4) is 0 Å². The molecule has 0 saturated carbocycles. The second-order valence-corrected chi connectivity index (χ2v) is 10.3. The van der Waals surface area contributed by atoms with Crippen molar-refractivity contribution in [1.29, 1.82) is 0 Å². The molecule has 3 atom stereocenters. The highest BCUT2D eigenvalue weighted by Gasteiger charge is 2.35. The lowest BCUT2D eigenvalue weighted by atomic mass is 9.97. The van der Waals surface area contributed by atoms with Crippen LogP contribution in [0.3, 0.4) is 0 Å². The van der Waals surface area contributed by atoms with E-state index in [1.54, 1.807) is 26.0 Å². The maximum absolute atomic E-state index is 12.9. The van der Waals surface area contributed by atoms with E-state index in [0.717, 1.165) is 5.56 Å². The van der Waals surface area contributed by atoms with Gasteiger partial charge in [-0.3, -0.25) is 8.98 Å². The van der Waals surface area contributed by atoms with Crippen LogP contribution >= 0.6 is 7.80 Å². The van der Waals surface area contributed by atoms with Gasteiger partial charge in [0, 0.05) is 6.61 Å².